The number of hydrogen-bond acceptors (Lipinski definition) is 5. The molecule has 0 atom stereocenters. The van der Waals surface area contributed by atoms with E-state index in [1.165, 1.54) is 0 Å². The fraction of sp³-hybridized carbons (Fsp3) is 0.368. The molecule has 0 aliphatic carbocycles. The van der Waals surface area contributed by atoms with Crippen molar-refractivity contribution < 1.29 is 27.4 Å². The minimum absolute atomic E-state index is 0. The van der Waals surface area contributed by atoms with E-state index < -0.39 is 11.7 Å². The van der Waals surface area contributed by atoms with E-state index in [4.69, 9.17) is 31.5 Å². The maximum atomic E-state index is 12.6. The standard InChI is InChI=1S/C19H22ClF3N4O3.HI/c1-28-15-4-3-12(9-16(15)29-2)5-6-25-18(24)26-7-8-30-17-14(20)10-13(11-27-17)19(21,22)23;/h3-4,9-11H,5-8H2,1-2H3,(H3,24,25,26);1H. The fourth-order valence-electron chi connectivity index (χ4n) is 2.41. The van der Waals surface area contributed by atoms with Crippen LogP contribution in [0.2, 0.25) is 5.02 Å². The van der Waals surface area contributed by atoms with Crippen LogP contribution in [0, 0.1) is 0 Å². The van der Waals surface area contributed by atoms with E-state index in [0.29, 0.717) is 30.7 Å². The number of nitrogens with two attached hydrogens (primary N) is 1. The second-order valence-corrected chi connectivity index (χ2v) is 6.40. The minimum Gasteiger partial charge on any atom is -0.493 e. The van der Waals surface area contributed by atoms with Gasteiger partial charge in [0.2, 0.25) is 5.88 Å². The van der Waals surface area contributed by atoms with Crippen LogP contribution in [0.4, 0.5) is 13.2 Å². The summed E-state index contributed by atoms with van der Waals surface area (Å²) in [6, 6.07) is 6.36. The van der Waals surface area contributed by atoms with Crippen LogP contribution in [0.25, 0.3) is 0 Å². The van der Waals surface area contributed by atoms with Gasteiger partial charge >= 0.3 is 6.18 Å². The lowest BCUT2D eigenvalue weighted by molar-refractivity contribution is -0.137. The van der Waals surface area contributed by atoms with Crippen molar-refractivity contribution in [3.8, 4) is 17.4 Å². The molecule has 0 unspecified atom stereocenters. The monoisotopic (exact) mass is 574 g/mol. The van der Waals surface area contributed by atoms with Gasteiger partial charge in [0.05, 0.1) is 26.3 Å². The second kappa shape index (κ2) is 12.6. The van der Waals surface area contributed by atoms with Crippen LogP contribution in [-0.2, 0) is 12.6 Å². The second-order valence-electron chi connectivity index (χ2n) is 5.99. The molecule has 172 valence electrons. The number of halogens is 5. The summed E-state index contributed by atoms with van der Waals surface area (Å²) in [5.74, 6) is 1.41. The van der Waals surface area contributed by atoms with Gasteiger partial charge in [-0.05, 0) is 30.2 Å². The molecule has 3 N–H and O–H groups in total. The van der Waals surface area contributed by atoms with Crippen molar-refractivity contribution >= 4 is 41.5 Å². The first kappa shape index (κ1) is 26.9. The number of alkyl halides is 3. The Balaban J connectivity index is 0.00000480. The molecule has 31 heavy (non-hydrogen) atoms. The zero-order chi connectivity index (χ0) is 22.1. The number of benzene rings is 1. The minimum atomic E-state index is -4.52. The normalized spacial score (nSPS) is 11.5. The Kier molecular flexibility index (Phi) is 11.0. The number of ether oxygens (including phenoxy) is 3. The van der Waals surface area contributed by atoms with Gasteiger partial charge in [0.15, 0.2) is 17.5 Å². The number of hydrogen-bond donors (Lipinski definition) is 2. The van der Waals surface area contributed by atoms with Crippen LogP contribution in [0.5, 0.6) is 17.4 Å². The molecule has 7 nitrogen and oxygen atoms in total. The van der Waals surface area contributed by atoms with Gasteiger partial charge in [0.1, 0.15) is 11.6 Å². The quantitative estimate of drug-likeness (QED) is 0.204. The molecule has 2 aromatic rings. The summed E-state index contributed by atoms with van der Waals surface area (Å²) >= 11 is 5.77. The third-order valence-corrected chi connectivity index (χ3v) is 4.18. The van der Waals surface area contributed by atoms with Crippen LogP contribution in [0.3, 0.4) is 0 Å². The predicted octanol–water partition coefficient (Wildman–Crippen LogP) is 3.91. The van der Waals surface area contributed by atoms with E-state index in [2.05, 4.69) is 15.3 Å². The summed E-state index contributed by atoms with van der Waals surface area (Å²) in [6.45, 7) is 0.802. The van der Waals surface area contributed by atoms with Crippen LogP contribution in [-0.4, -0.2) is 44.9 Å². The van der Waals surface area contributed by atoms with E-state index in [1.54, 1.807) is 14.2 Å². The third kappa shape index (κ3) is 8.48. The summed E-state index contributed by atoms with van der Waals surface area (Å²) in [5.41, 5.74) is 5.86. The predicted molar refractivity (Wildman–Crippen MR) is 123 cm³/mol. The average Bonchev–Trinajstić information content (AvgIpc) is 2.71. The zero-order valence-corrected chi connectivity index (χ0v) is 19.9. The number of nitrogens with zero attached hydrogens (tertiary/aromatic N) is 2. The molecule has 12 heteroatoms. The first-order valence-corrected chi connectivity index (χ1v) is 9.22. The molecule has 2 rings (SSSR count). The third-order valence-electron chi connectivity index (χ3n) is 3.91. The molecule has 0 bridgehead atoms. The number of nitrogens with one attached hydrogen (secondary N) is 1. The molecule has 0 radical (unpaired) electrons. The SMILES string of the molecule is COc1ccc(CCN=C(N)NCCOc2ncc(C(F)(F)F)cc2Cl)cc1OC.I. The Morgan fingerprint density at radius 3 is 2.52 bits per heavy atom. The topological polar surface area (TPSA) is 91.0 Å². The lowest BCUT2D eigenvalue weighted by atomic mass is 10.1. The summed E-state index contributed by atoms with van der Waals surface area (Å²) < 4.78 is 53.5. The smallest absolute Gasteiger partial charge is 0.417 e. The molecular weight excluding hydrogens is 552 g/mol. The highest BCUT2D eigenvalue weighted by Gasteiger charge is 2.31. The lowest BCUT2D eigenvalue weighted by Crippen LogP contribution is -2.35. The number of methoxy groups -OCH3 is 2. The molecule has 1 heterocycles. The zero-order valence-electron chi connectivity index (χ0n) is 16.8. The van der Waals surface area contributed by atoms with Gasteiger partial charge in [-0.1, -0.05) is 17.7 Å². The average molecular weight is 575 g/mol. The summed E-state index contributed by atoms with van der Waals surface area (Å²) in [7, 11) is 3.14. The van der Waals surface area contributed by atoms with Crippen molar-refractivity contribution in [2.45, 2.75) is 12.6 Å². The first-order chi connectivity index (χ1) is 14.2. The molecule has 0 amide bonds. The van der Waals surface area contributed by atoms with E-state index in [9.17, 15) is 13.2 Å². The Labute approximate surface area is 200 Å². The number of pyridine rings is 1. The molecule has 0 aliphatic rings. The molecular formula is C19H23ClF3IN4O3. The van der Waals surface area contributed by atoms with Gasteiger partial charge in [0, 0.05) is 12.7 Å². The number of aliphatic imine (C=N–C) groups is 1. The molecule has 0 saturated heterocycles. The van der Waals surface area contributed by atoms with Crippen molar-refractivity contribution in [2.75, 3.05) is 33.9 Å². The molecule has 0 aliphatic heterocycles. The largest absolute Gasteiger partial charge is 0.493 e. The highest BCUT2D eigenvalue weighted by atomic mass is 127. The van der Waals surface area contributed by atoms with E-state index in [1.807, 2.05) is 18.2 Å². The highest BCUT2D eigenvalue weighted by Crippen LogP contribution is 2.33. The number of guanidine groups is 1. The maximum absolute atomic E-state index is 12.6. The Bertz CT molecular complexity index is 885. The van der Waals surface area contributed by atoms with E-state index >= 15 is 0 Å². The Morgan fingerprint density at radius 1 is 1.19 bits per heavy atom. The van der Waals surface area contributed by atoms with Gasteiger partial charge in [-0.25, -0.2) is 4.98 Å². The molecule has 1 aromatic carbocycles. The van der Waals surface area contributed by atoms with Crippen LogP contribution in [0.15, 0.2) is 35.5 Å². The van der Waals surface area contributed by atoms with Crippen molar-refractivity contribution in [1.82, 2.24) is 10.3 Å². The first-order valence-electron chi connectivity index (χ1n) is 8.84. The number of rotatable bonds is 9. The number of aromatic nitrogens is 1. The molecule has 0 saturated carbocycles. The van der Waals surface area contributed by atoms with Crippen molar-refractivity contribution in [2.24, 2.45) is 10.7 Å². The van der Waals surface area contributed by atoms with Crippen LogP contribution >= 0.6 is 35.6 Å². The van der Waals surface area contributed by atoms with E-state index in [-0.39, 0.29) is 54.0 Å². The van der Waals surface area contributed by atoms with Gasteiger partial charge in [-0.15, -0.1) is 24.0 Å². The Hall–Kier alpha value is -2.15. The van der Waals surface area contributed by atoms with Gasteiger partial charge in [-0.2, -0.15) is 13.2 Å². The Morgan fingerprint density at radius 2 is 1.90 bits per heavy atom. The highest BCUT2D eigenvalue weighted by molar-refractivity contribution is 14.0. The van der Waals surface area contributed by atoms with Gasteiger partial charge in [0.25, 0.3) is 0 Å². The molecule has 1 aromatic heterocycles. The fourth-order valence-corrected chi connectivity index (χ4v) is 2.63. The van der Waals surface area contributed by atoms with Crippen LogP contribution < -0.4 is 25.3 Å². The van der Waals surface area contributed by atoms with Gasteiger partial charge in [-0.3, -0.25) is 4.99 Å². The van der Waals surface area contributed by atoms with Crippen molar-refractivity contribution in [1.29, 1.82) is 0 Å². The summed E-state index contributed by atoms with van der Waals surface area (Å²) in [6.07, 6.45) is -3.21. The molecule has 0 fully saturated rings. The molecule has 0 spiro atoms. The summed E-state index contributed by atoms with van der Waals surface area (Å²) in [4.78, 5) is 7.80. The maximum Gasteiger partial charge on any atom is 0.417 e. The van der Waals surface area contributed by atoms with Crippen LogP contribution in [0.1, 0.15) is 11.1 Å². The van der Waals surface area contributed by atoms with E-state index in [0.717, 1.165) is 11.6 Å². The van der Waals surface area contributed by atoms with Crippen molar-refractivity contribution in [3.63, 3.8) is 0 Å². The van der Waals surface area contributed by atoms with Gasteiger partial charge < -0.3 is 25.3 Å². The van der Waals surface area contributed by atoms with Crippen molar-refractivity contribution in [3.05, 3.63) is 46.6 Å². The summed E-state index contributed by atoms with van der Waals surface area (Å²) in [5, 5.41) is 2.62. The lowest BCUT2D eigenvalue weighted by Gasteiger charge is -2.11.